The Bertz CT molecular complexity index is 349. The van der Waals surface area contributed by atoms with Crippen molar-refractivity contribution in [2.24, 2.45) is 22.4 Å². The number of fused-ring (bicyclic) bond motifs is 3. The number of allylic oxidation sites excluding steroid dienone is 1. The Kier molecular flexibility index (Phi) is 1.18. The maximum absolute atomic E-state index is 5.61. The molecule has 4 atom stereocenters. The molecule has 14 heavy (non-hydrogen) atoms. The monoisotopic (exact) mass is 191 g/mol. The Morgan fingerprint density at radius 1 is 1.43 bits per heavy atom. The number of hydrogen-bond donors (Lipinski definition) is 0. The third-order valence-corrected chi connectivity index (χ3v) is 4.39. The van der Waals surface area contributed by atoms with E-state index in [4.69, 9.17) is 9.57 Å². The van der Waals surface area contributed by atoms with Crippen molar-refractivity contribution in [1.29, 1.82) is 0 Å². The molecule has 3 nitrogen and oxygen atoms in total. The minimum absolute atomic E-state index is 0.234. The molecule has 3 heteroatoms. The number of ether oxygens (including phenoxy) is 1. The van der Waals surface area contributed by atoms with Crippen LogP contribution >= 0.6 is 0 Å². The molecule has 1 saturated heterocycles. The fourth-order valence-corrected chi connectivity index (χ4v) is 3.73. The summed E-state index contributed by atoms with van der Waals surface area (Å²) in [6.07, 6.45) is 7.38. The van der Waals surface area contributed by atoms with Crippen molar-refractivity contribution in [1.82, 2.24) is 0 Å². The molecule has 2 aliphatic carbocycles. The largest absolute Gasteiger partial charge is 0.391 e. The van der Waals surface area contributed by atoms with Gasteiger partial charge in [-0.05, 0) is 18.8 Å². The van der Waals surface area contributed by atoms with Crippen LogP contribution in [0.1, 0.15) is 12.8 Å². The van der Waals surface area contributed by atoms with Gasteiger partial charge in [0.15, 0.2) is 0 Å². The Labute approximate surface area is 82.8 Å². The standard InChI is InChI=1S/C11H13NO2/c1-2-8-5-7(1)10-11(8)3-4-13-6-9(11)12-14-10/h1-2,7-8,10H,3-6H2. The van der Waals surface area contributed by atoms with Gasteiger partial charge in [-0.1, -0.05) is 17.3 Å². The zero-order valence-electron chi connectivity index (χ0n) is 7.98. The maximum atomic E-state index is 5.61. The molecule has 2 bridgehead atoms. The van der Waals surface area contributed by atoms with Gasteiger partial charge in [0.05, 0.1) is 17.7 Å². The van der Waals surface area contributed by atoms with Gasteiger partial charge in [-0.15, -0.1) is 0 Å². The summed E-state index contributed by atoms with van der Waals surface area (Å²) in [7, 11) is 0. The highest BCUT2D eigenvalue weighted by Crippen LogP contribution is 2.59. The lowest BCUT2D eigenvalue weighted by Gasteiger charge is -2.38. The lowest BCUT2D eigenvalue weighted by molar-refractivity contribution is -0.00428. The average molecular weight is 191 g/mol. The molecule has 0 amide bonds. The summed E-state index contributed by atoms with van der Waals surface area (Å²) < 4.78 is 5.46. The van der Waals surface area contributed by atoms with Crippen LogP contribution in [0.5, 0.6) is 0 Å². The zero-order valence-corrected chi connectivity index (χ0v) is 7.98. The van der Waals surface area contributed by atoms with E-state index < -0.39 is 0 Å². The smallest absolute Gasteiger partial charge is 0.145 e. The first-order chi connectivity index (χ1) is 6.91. The molecule has 4 unspecified atom stereocenters. The van der Waals surface area contributed by atoms with E-state index in [1.165, 1.54) is 12.1 Å². The lowest BCUT2D eigenvalue weighted by atomic mass is 9.68. The van der Waals surface area contributed by atoms with Gasteiger partial charge in [-0.2, -0.15) is 0 Å². The van der Waals surface area contributed by atoms with Crippen molar-refractivity contribution < 1.29 is 9.57 Å². The molecule has 0 aromatic carbocycles. The first-order valence-corrected chi connectivity index (χ1v) is 5.40. The number of nitrogens with zero attached hydrogens (tertiary/aromatic N) is 1. The summed E-state index contributed by atoms with van der Waals surface area (Å²) in [5.74, 6) is 1.28. The van der Waals surface area contributed by atoms with Crippen molar-refractivity contribution in [3.8, 4) is 0 Å². The second kappa shape index (κ2) is 2.22. The summed E-state index contributed by atoms with van der Waals surface area (Å²) in [6.45, 7) is 1.56. The highest BCUT2D eigenvalue weighted by Gasteiger charge is 2.63. The second-order valence-corrected chi connectivity index (χ2v) is 4.80. The molecular weight excluding hydrogens is 178 g/mol. The van der Waals surface area contributed by atoms with Crippen LogP contribution in [0.2, 0.25) is 0 Å². The molecule has 2 aliphatic heterocycles. The van der Waals surface area contributed by atoms with Gasteiger partial charge in [0.25, 0.3) is 0 Å². The van der Waals surface area contributed by atoms with Crippen LogP contribution in [0, 0.1) is 17.3 Å². The fourth-order valence-electron chi connectivity index (χ4n) is 3.73. The van der Waals surface area contributed by atoms with E-state index in [0.717, 1.165) is 13.0 Å². The van der Waals surface area contributed by atoms with Gasteiger partial charge < -0.3 is 9.57 Å². The maximum Gasteiger partial charge on any atom is 0.145 e. The number of rotatable bonds is 0. The van der Waals surface area contributed by atoms with E-state index in [2.05, 4.69) is 17.3 Å². The molecule has 4 aliphatic rings. The van der Waals surface area contributed by atoms with E-state index >= 15 is 0 Å². The van der Waals surface area contributed by atoms with Crippen LogP contribution in [-0.2, 0) is 9.57 Å². The molecule has 1 saturated carbocycles. The highest BCUT2D eigenvalue weighted by molar-refractivity contribution is 5.94. The molecule has 0 aromatic heterocycles. The fraction of sp³-hybridized carbons (Fsp3) is 0.727. The quantitative estimate of drug-likeness (QED) is 0.541. The van der Waals surface area contributed by atoms with Crippen molar-refractivity contribution in [3.63, 3.8) is 0 Å². The SMILES string of the molecule is C1=CC2CC1C1ON=C3COCCC321. The highest BCUT2D eigenvalue weighted by atomic mass is 16.6. The minimum Gasteiger partial charge on any atom is -0.391 e. The molecule has 74 valence electrons. The Balaban J connectivity index is 1.86. The Morgan fingerprint density at radius 3 is 3.43 bits per heavy atom. The van der Waals surface area contributed by atoms with Gasteiger partial charge >= 0.3 is 0 Å². The third kappa shape index (κ3) is 0.620. The van der Waals surface area contributed by atoms with Crippen LogP contribution in [0.25, 0.3) is 0 Å². The molecule has 0 N–H and O–H groups in total. The molecule has 2 fully saturated rings. The van der Waals surface area contributed by atoms with Crippen LogP contribution in [-0.4, -0.2) is 25.0 Å². The van der Waals surface area contributed by atoms with E-state index in [0.29, 0.717) is 24.5 Å². The third-order valence-electron chi connectivity index (χ3n) is 4.39. The van der Waals surface area contributed by atoms with E-state index in [1.807, 2.05) is 0 Å². The van der Waals surface area contributed by atoms with Crippen molar-refractivity contribution >= 4 is 5.71 Å². The number of hydrogen-bond acceptors (Lipinski definition) is 3. The van der Waals surface area contributed by atoms with Crippen LogP contribution in [0.15, 0.2) is 17.3 Å². The molecule has 4 rings (SSSR count). The van der Waals surface area contributed by atoms with Crippen molar-refractivity contribution in [2.75, 3.05) is 13.2 Å². The number of oxime groups is 1. The van der Waals surface area contributed by atoms with Gasteiger partial charge in [-0.3, -0.25) is 0 Å². The first-order valence-electron chi connectivity index (χ1n) is 5.40. The van der Waals surface area contributed by atoms with Crippen LogP contribution in [0.4, 0.5) is 0 Å². The molecule has 0 aromatic rings. The van der Waals surface area contributed by atoms with Gasteiger partial charge in [-0.25, -0.2) is 0 Å². The summed E-state index contributed by atoms with van der Waals surface area (Å²) >= 11 is 0. The average Bonchev–Trinajstić information content (AvgIpc) is 2.87. The van der Waals surface area contributed by atoms with E-state index in [9.17, 15) is 0 Å². The van der Waals surface area contributed by atoms with E-state index in [1.54, 1.807) is 0 Å². The minimum atomic E-state index is 0.234. The van der Waals surface area contributed by atoms with Gasteiger partial charge in [0.2, 0.25) is 0 Å². The lowest BCUT2D eigenvalue weighted by Crippen LogP contribution is -2.47. The predicted molar refractivity (Wildman–Crippen MR) is 50.9 cm³/mol. The predicted octanol–water partition coefficient (Wildman–Crippen LogP) is 1.35. The Morgan fingerprint density at radius 2 is 2.43 bits per heavy atom. The first kappa shape index (κ1) is 7.46. The van der Waals surface area contributed by atoms with Crippen molar-refractivity contribution in [3.05, 3.63) is 12.2 Å². The second-order valence-electron chi connectivity index (χ2n) is 4.80. The van der Waals surface area contributed by atoms with Crippen LogP contribution in [0.3, 0.4) is 0 Å². The summed E-state index contributed by atoms with van der Waals surface area (Å²) in [5.41, 5.74) is 1.41. The summed E-state index contributed by atoms with van der Waals surface area (Å²) in [4.78, 5) is 5.61. The van der Waals surface area contributed by atoms with E-state index in [-0.39, 0.29) is 5.41 Å². The summed E-state index contributed by atoms with van der Waals surface area (Å²) in [6, 6.07) is 0. The topological polar surface area (TPSA) is 30.8 Å². The molecular formula is C11H13NO2. The van der Waals surface area contributed by atoms with Crippen molar-refractivity contribution in [2.45, 2.75) is 18.9 Å². The molecule has 0 radical (unpaired) electrons. The van der Waals surface area contributed by atoms with Gasteiger partial charge in [0.1, 0.15) is 6.10 Å². The molecule has 1 spiro atoms. The van der Waals surface area contributed by atoms with Crippen LogP contribution < -0.4 is 0 Å². The summed E-state index contributed by atoms with van der Waals surface area (Å²) in [5, 5.41) is 4.23. The molecule has 2 heterocycles. The van der Waals surface area contributed by atoms with Gasteiger partial charge in [0, 0.05) is 12.5 Å². The normalized spacial score (nSPS) is 52.6. The zero-order chi connectivity index (χ0) is 9.17. The Hall–Kier alpha value is -0.830.